The first-order chi connectivity index (χ1) is 35.0. The summed E-state index contributed by atoms with van der Waals surface area (Å²) in [6.45, 7) is 7.38. The number of hydrogen-bond donors (Lipinski definition) is 5. The van der Waals surface area contributed by atoms with Gasteiger partial charge in [-0.1, -0.05) is 37.9 Å². The monoisotopic (exact) mass is 1220 g/mol. The van der Waals surface area contributed by atoms with Gasteiger partial charge in [-0.05, 0) is 141 Å². The molecule has 11 nitrogen and oxygen atoms in total. The largest absolute Gasteiger partial charge is 0.494 e. The van der Waals surface area contributed by atoms with Crippen LogP contribution in [0, 0.1) is 39.8 Å². The standard InChI is InChI=1S/C20H20BF5N2O3.C14H8BrF5N2O.C7H3F4NO.C6H5BrFN/c1-18(2)19(3,4)31-21(30-18)12-6-8-15(14(23)10-12)27-17(29)28-16-9-11(20(24,25)26)5-7-13(16)22;15-8-2-4-11(10(17)6-8)21-13(23)22-12-5-7(14(18,19)20)1-3-9(12)16;8-5-2-1-4(7(9,10)11)3-6(5)12-13;7-4-1-2-6(9)5(8)3-4/h5-10H,1-4H3,(H2,27,28,29);1-6H,(H2,21,22,23);1-3H;1-3H,9H2. The number of hydrogen-bond acceptors (Lipinski definition) is 7. The van der Waals surface area contributed by atoms with Crippen LogP contribution in [0.2, 0.25) is 0 Å². The zero-order valence-corrected chi connectivity index (χ0v) is 42.1. The van der Waals surface area contributed by atoms with E-state index in [9.17, 15) is 80.4 Å². The van der Waals surface area contributed by atoms with Crippen LogP contribution in [0.1, 0.15) is 44.4 Å². The second kappa shape index (κ2) is 24.9. The molecule has 4 amide bonds. The SMILES string of the molecule is CC1(C)OB(c2ccc(NC(=O)Nc3cc(C(F)(F)F)ccc3F)c(F)c2)OC1(C)C.Nc1ccc(Br)cc1F.O=C(Nc1ccc(Br)cc1F)Nc1cc(C(F)(F)F)ccc1F.O=Nc1cc(C(F)(F)F)ccc1F. The van der Waals surface area contributed by atoms with E-state index in [1.54, 1.807) is 6.07 Å². The Kier molecular flexibility index (Phi) is 20.2. The number of rotatable bonds is 6. The molecule has 0 unspecified atom stereocenters. The molecule has 1 aliphatic rings. The van der Waals surface area contributed by atoms with Crippen molar-refractivity contribution in [3.05, 3.63) is 175 Å². The number of halogens is 17. The number of anilines is 5. The zero-order valence-electron chi connectivity index (χ0n) is 39.0. The number of nitrogen functional groups attached to an aromatic ring is 1. The molecule has 0 spiro atoms. The normalized spacial score (nSPS) is 13.6. The molecule has 0 radical (unpaired) electrons. The summed E-state index contributed by atoms with van der Waals surface area (Å²) in [7, 11) is -0.818. The first-order valence-electron chi connectivity index (χ1n) is 20.9. The van der Waals surface area contributed by atoms with E-state index in [1.165, 1.54) is 36.4 Å². The van der Waals surface area contributed by atoms with E-state index in [2.05, 4.69) is 47.7 Å². The Morgan fingerprint density at radius 1 is 0.487 bits per heavy atom. The summed E-state index contributed by atoms with van der Waals surface area (Å²) >= 11 is 6.13. The summed E-state index contributed by atoms with van der Waals surface area (Å²) in [4.78, 5) is 33.6. The van der Waals surface area contributed by atoms with Gasteiger partial charge in [-0.3, -0.25) is 0 Å². The first-order valence-corrected chi connectivity index (χ1v) is 22.5. The Bertz CT molecular complexity index is 3060. The van der Waals surface area contributed by atoms with E-state index in [4.69, 9.17) is 15.0 Å². The lowest BCUT2D eigenvalue weighted by atomic mass is 9.79. The Balaban J connectivity index is 0.000000241. The fourth-order valence-electron chi connectivity index (χ4n) is 5.76. The van der Waals surface area contributed by atoms with Gasteiger partial charge in [0.05, 0.1) is 56.3 Å². The fourth-order valence-corrected chi connectivity index (χ4v) is 6.42. The number of nitrogens with zero attached hydrogens (tertiary/aromatic N) is 1. The molecular weight excluding hydrogens is 1180 g/mol. The van der Waals surface area contributed by atoms with Crippen molar-refractivity contribution in [2.75, 3.05) is 27.0 Å². The van der Waals surface area contributed by atoms with Crippen molar-refractivity contribution in [1.82, 2.24) is 0 Å². The van der Waals surface area contributed by atoms with Gasteiger partial charge in [-0.15, -0.1) is 4.91 Å². The summed E-state index contributed by atoms with van der Waals surface area (Å²) in [6.07, 6.45) is -14.0. The van der Waals surface area contributed by atoms with Crippen LogP contribution in [0.15, 0.2) is 123 Å². The van der Waals surface area contributed by atoms with Crippen molar-refractivity contribution >= 4 is 90.6 Å². The molecule has 1 saturated heterocycles. The van der Waals surface area contributed by atoms with Gasteiger partial charge in [0, 0.05) is 8.95 Å². The highest BCUT2D eigenvalue weighted by Crippen LogP contribution is 2.38. The molecule has 6 N–H and O–H groups in total. The predicted octanol–water partition coefficient (Wildman–Crippen LogP) is 15.7. The molecular formula is C47H36BBr2F15N6O5. The molecule has 6 aromatic rings. The molecule has 7 rings (SSSR count). The highest BCUT2D eigenvalue weighted by molar-refractivity contribution is 9.10. The molecule has 0 bridgehead atoms. The van der Waals surface area contributed by atoms with E-state index < -0.39 is 112 Å². The highest BCUT2D eigenvalue weighted by atomic mass is 79.9. The maximum atomic E-state index is 14.5. The van der Waals surface area contributed by atoms with Crippen LogP contribution in [0.25, 0.3) is 0 Å². The summed E-state index contributed by atoms with van der Waals surface area (Å²) < 4.78 is 205. The van der Waals surface area contributed by atoms with Gasteiger partial charge >= 0.3 is 37.7 Å². The molecule has 0 aliphatic carbocycles. The smallest absolute Gasteiger partial charge is 0.399 e. The van der Waals surface area contributed by atoms with Gasteiger partial charge in [0.2, 0.25) is 0 Å². The minimum absolute atomic E-state index is 0.179. The number of amides is 4. The number of carbonyl (C=O) groups excluding carboxylic acids is 2. The molecule has 6 aromatic carbocycles. The third-order valence-corrected chi connectivity index (χ3v) is 11.4. The highest BCUT2D eigenvalue weighted by Gasteiger charge is 2.52. The average molecular weight is 1220 g/mol. The topological polar surface area (TPSA) is 156 Å². The molecule has 0 aromatic heterocycles. The summed E-state index contributed by atoms with van der Waals surface area (Å²) in [6, 6.07) is 14.6. The molecule has 0 atom stereocenters. The predicted molar refractivity (Wildman–Crippen MR) is 260 cm³/mol. The van der Waals surface area contributed by atoms with Crippen LogP contribution < -0.4 is 32.5 Å². The van der Waals surface area contributed by atoms with Gasteiger partial charge < -0.3 is 36.3 Å². The van der Waals surface area contributed by atoms with E-state index in [1.807, 2.05) is 38.3 Å². The second-order valence-corrected chi connectivity index (χ2v) is 18.2. The Hall–Kier alpha value is -6.85. The third kappa shape index (κ3) is 17.3. The third-order valence-electron chi connectivity index (χ3n) is 10.4. The summed E-state index contributed by atoms with van der Waals surface area (Å²) in [5.74, 6) is -5.16. The van der Waals surface area contributed by atoms with Gasteiger partial charge in [0.15, 0.2) is 5.82 Å². The zero-order chi connectivity index (χ0) is 57.3. The van der Waals surface area contributed by atoms with E-state index in [0.29, 0.717) is 69.0 Å². The van der Waals surface area contributed by atoms with Gasteiger partial charge in [0.1, 0.15) is 34.8 Å². The van der Waals surface area contributed by atoms with Crippen molar-refractivity contribution in [2.24, 2.45) is 5.18 Å². The molecule has 1 aliphatic heterocycles. The number of nitrogens with one attached hydrogen (secondary N) is 4. The maximum absolute atomic E-state index is 14.5. The summed E-state index contributed by atoms with van der Waals surface area (Å²) in [5, 5.41) is 10.2. The quantitative estimate of drug-likeness (QED) is 0.0484. The number of nitroso groups, excluding NO2 is 1. The van der Waals surface area contributed by atoms with Crippen molar-refractivity contribution in [3.8, 4) is 0 Å². The molecule has 1 heterocycles. The van der Waals surface area contributed by atoms with Gasteiger partial charge in [-0.2, -0.15) is 39.5 Å². The number of nitrogens with two attached hydrogens (primary N) is 1. The average Bonchev–Trinajstić information content (AvgIpc) is 3.53. The minimum atomic E-state index is -4.71. The molecule has 406 valence electrons. The van der Waals surface area contributed by atoms with Crippen LogP contribution in [0.5, 0.6) is 0 Å². The Morgan fingerprint density at radius 3 is 1.24 bits per heavy atom. The molecule has 29 heteroatoms. The van der Waals surface area contributed by atoms with Crippen LogP contribution in [0.4, 0.5) is 110 Å². The number of benzene rings is 6. The Labute approximate surface area is 438 Å². The number of urea groups is 2. The number of alkyl halides is 9. The van der Waals surface area contributed by atoms with Gasteiger partial charge in [0.25, 0.3) is 0 Å². The van der Waals surface area contributed by atoms with Crippen molar-refractivity contribution < 1.29 is 84.8 Å². The number of carbonyl (C=O) groups is 2. The maximum Gasteiger partial charge on any atom is 0.494 e. The molecule has 76 heavy (non-hydrogen) atoms. The van der Waals surface area contributed by atoms with Crippen LogP contribution >= 0.6 is 31.9 Å². The lowest BCUT2D eigenvalue weighted by Crippen LogP contribution is -2.41. The lowest BCUT2D eigenvalue weighted by Gasteiger charge is -2.32. The lowest BCUT2D eigenvalue weighted by molar-refractivity contribution is -0.138. The van der Waals surface area contributed by atoms with Crippen LogP contribution in [-0.4, -0.2) is 30.4 Å². The van der Waals surface area contributed by atoms with Crippen LogP contribution in [0.3, 0.4) is 0 Å². The van der Waals surface area contributed by atoms with E-state index >= 15 is 0 Å². The minimum Gasteiger partial charge on any atom is -0.399 e. The van der Waals surface area contributed by atoms with E-state index in [0.717, 1.165) is 12.1 Å². The molecule has 1 fully saturated rings. The summed E-state index contributed by atoms with van der Waals surface area (Å²) in [5.41, 5.74) is -1.52. The molecule has 0 saturated carbocycles. The van der Waals surface area contributed by atoms with Crippen molar-refractivity contribution in [1.29, 1.82) is 0 Å². The Morgan fingerprint density at radius 2 is 0.855 bits per heavy atom. The second-order valence-electron chi connectivity index (χ2n) is 16.4. The van der Waals surface area contributed by atoms with Gasteiger partial charge in [-0.25, -0.2) is 35.9 Å². The van der Waals surface area contributed by atoms with Crippen molar-refractivity contribution in [2.45, 2.75) is 57.4 Å². The van der Waals surface area contributed by atoms with E-state index in [-0.39, 0.29) is 22.9 Å². The van der Waals surface area contributed by atoms with Crippen molar-refractivity contribution in [3.63, 3.8) is 0 Å². The van der Waals surface area contributed by atoms with Crippen LogP contribution in [-0.2, 0) is 27.8 Å². The fraction of sp³-hybridized carbons (Fsp3) is 0.191. The first kappa shape index (κ1) is 61.7.